The Labute approximate surface area is 238 Å². The Morgan fingerprint density at radius 1 is 0.925 bits per heavy atom. The number of anilines is 1. The Morgan fingerprint density at radius 3 is 2.12 bits per heavy atom. The lowest BCUT2D eigenvalue weighted by atomic mass is 10.0. The molecule has 0 heterocycles. The van der Waals surface area contributed by atoms with Gasteiger partial charge < -0.3 is 15.0 Å². The van der Waals surface area contributed by atoms with Gasteiger partial charge in [0.2, 0.25) is 21.8 Å². The molecule has 0 aliphatic heterocycles. The summed E-state index contributed by atoms with van der Waals surface area (Å²) in [7, 11) is -3.83. The number of amides is 2. The number of nitrogens with zero attached hydrogens (tertiary/aromatic N) is 2. The zero-order chi connectivity index (χ0) is 29.3. The Morgan fingerprint density at radius 2 is 1.55 bits per heavy atom. The van der Waals surface area contributed by atoms with Crippen molar-refractivity contribution in [3.8, 4) is 5.75 Å². The molecule has 0 bridgehead atoms. The summed E-state index contributed by atoms with van der Waals surface area (Å²) in [6.45, 7) is 7.70. The van der Waals surface area contributed by atoms with Gasteiger partial charge in [0.1, 0.15) is 18.3 Å². The van der Waals surface area contributed by atoms with E-state index in [2.05, 4.69) is 5.32 Å². The Kier molecular flexibility index (Phi) is 10.7. The Bertz CT molecular complexity index is 1380. The van der Waals surface area contributed by atoms with Crippen molar-refractivity contribution in [3.63, 3.8) is 0 Å². The highest BCUT2D eigenvalue weighted by Gasteiger charge is 2.33. The van der Waals surface area contributed by atoms with Crippen LogP contribution in [-0.4, -0.2) is 56.6 Å². The van der Waals surface area contributed by atoms with Crippen LogP contribution >= 0.6 is 0 Å². The third-order valence-corrected chi connectivity index (χ3v) is 7.56. The zero-order valence-electron chi connectivity index (χ0n) is 23.8. The second kappa shape index (κ2) is 14.0. The second-order valence-corrected chi connectivity index (χ2v) is 11.9. The monoisotopic (exact) mass is 565 g/mol. The van der Waals surface area contributed by atoms with Crippen LogP contribution < -0.4 is 14.4 Å². The van der Waals surface area contributed by atoms with Gasteiger partial charge in [-0.25, -0.2) is 8.42 Å². The first kappa shape index (κ1) is 30.7. The molecule has 1 unspecified atom stereocenters. The smallest absolute Gasteiger partial charge is 0.244 e. The molecule has 40 heavy (non-hydrogen) atoms. The first-order valence-corrected chi connectivity index (χ1v) is 15.2. The van der Waals surface area contributed by atoms with Gasteiger partial charge in [-0.1, -0.05) is 54.6 Å². The summed E-state index contributed by atoms with van der Waals surface area (Å²) in [5, 5.41) is 2.95. The highest BCUT2D eigenvalue weighted by atomic mass is 32.2. The van der Waals surface area contributed by atoms with E-state index in [1.807, 2.05) is 82.3 Å². The quantitative estimate of drug-likeness (QED) is 0.333. The van der Waals surface area contributed by atoms with Gasteiger partial charge in [-0.05, 0) is 68.7 Å². The van der Waals surface area contributed by atoms with E-state index in [-0.39, 0.29) is 24.9 Å². The third-order valence-electron chi connectivity index (χ3n) is 6.42. The summed E-state index contributed by atoms with van der Waals surface area (Å²) < 4.78 is 32.3. The van der Waals surface area contributed by atoms with Gasteiger partial charge in [-0.2, -0.15) is 0 Å². The van der Waals surface area contributed by atoms with Crippen molar-refractivity contribution in [2.45, 2.75) is 52.7 Å². The fourth-order valence-corrected chi connectivity index (χ4v) is 5.24. The molecule has 0 radical (unpaired) electrons. The number of hydrogen-bond donors (Lipinski definition) is 1. The third kappa shape index (κ3) is 8.58. The van der Waals surface area contributed by atoms with Gasteiger partial charge in [0.15, 0.2) is 0 Å². The number of aryl methyl sites for hydroxylation is 1. The van der Waals surface area contributed by atoms with E-state index in [0.29, 0.717) is 18.0 Å². The lowest BCUT2D eigenvalue weighted by molar-refractivity contribution is -0.140. The molecule has 0 saturated carbocycles. The normalized spacial score (nSPS) is 12.1. The molecule has 2 amide bonds. The van der Waals surface area contributed by atoms with Crippen LogP contribution in [0.3, 0.4) is 0 Å². The van der Waals surface area contributed by atoms with E-state index in [4.69, 9.17) is 4.74 Å². The van der Waals surface area contributed by atoms with E-state index < -0.39 is 28.5 Å². The molecular weight excluding hydrogens is 526 g/mol. The van der Waals surface area contributed by atoms with Crippen molar-refractivity contribution in [2.24, 2.45) is 0 Å². The fraction of sp³-hybridized carbons (Fsp3) is 0.355. The van der Waals surface area contributed by atoms with Gasteiger partial charge in [0, 0.05) is 19.0 Å². The van der Waals surface area contributed by atoms with Gasteiger partial charge in [0.25, 0.3) is 0 Å². The molecule has 0 saturated heterocycles. The molecule has 1 atom stereocenters. The second-order valence-electron chi connectivity index (χ2n) is 10.0. The number of carbonyl (C=O) groups excluding carboxylic acids is 2. The van der Waals surface area contributed by atoms with Crippen molar-refractivity contribution in [1.29, 1.82) is 0 Å². The molecule has 9 heteroatoms. The van der Waals surface area contributed by atoms with Crippen LogP contribution in [0.25, 0.3) is 0 Å². The highest BCUT2D eigenvalue weighted by molar-refractivity contribution is 7.92. The topological polar surface area (TPSA) is 96.0 Å². The highest BCUT2D eigenvalue weighted by Crippen LogP contribution is 2.23. The number of nitrogens with one attached hydrogen (secondary N) is 1. The van der Waals surface area contributed by atoms with Crippen molar-refractivity contribution in [2.75, 3.05) is 23.7 Å². The molecule has 8 nitrogen and oxygen atoms in total. The zero-order valence-corrected chi connectivity index (χ0v) is 24.6. The van der Waals surface area contributed by atoms with Crippen LogP contribution in [0.1, 0.15) is 37.5 Å². The maximum absolute atomic E-state index is 14.1. The predicted molar refractivity (Wildman–Crippen MR) is 159 cm³/mol. The number of rotatable bonds is 13. The average Bonchev–Trinajstić information content (AvgIpc) is 2.90. The van der Waals surface area contributed by atoms with Gasteiger partial charge in [-0.15, -0.1) is 0 Å². The van der Waals surface area contributed by atoms with Crippen molar-refractivity contribution in [1.82, 2.24) is 10.2 Å². The maximum atomic E-state index is 14.1. The van der Waals surface area contributed by atoms with Crippen molar-refractivity contribution in [3.05, 3.63) is 95.6 Å². The lowest BCUT2D eigenvalue weighted by Crippen LogP contribution is -2.54. The summed E-state index contributed by atoms with van der Waals surface area (Å²) in [5.41, 5.74) is 3.06. The molecule has 1 N–H and O–H groups in total. The number of carbonyl (C=O) groups is 2. The molecule has 0 aromatic heterocycles. The van der Waals surface area contributed by atoms with E-state index in [9.17, 15) is 18.0 Å². The van der Waals surface area contributed by atoms with Crippen LogP contribution in [0.5, 0.6) is 5.75 Å². The molecule has 214 valence electrons. The first-order valence-electron chi connectivity index (χ1n) is 13.4. The van der Waals surface area contributed by atoms with Gasteiger partial charge in [-0.3, -0.25) is 13.9 Å². The number of hydrogen-bond acceptors (Lipinski definition) is 5. The van der Waals surface area contributed by atoms with Crippen LogP contribution in [0, 0.1) is 6.92 Å². The molecule has 3 aromatic carbocycles. The van der Waals surface area contributed by atoms with Crippen LogP contribution in [0.15, 0.2) is 78.9 Å². The van der Waals surface area contributed by atoms with Gasteiger partial charge >= 0.3 is 0 Å². The minimum absolute atomic E-state index is 0.141. The largest absolute Gasteiger partial charge is 0.494 e. The summed E-state index contributed by atoms with van der Waals surface area (Å²) in [6.07, 6.45) is 1.34. The molecule has 0 spiro atoms. The molecule has 3 aromatic rings. The minimum atomic E-state index is -3.83. The molecule has 0 fully saturated rings. The Hall–Kier alpha value is -3.85. The number of ether oxygens (including phenoxy) is 1. The maximum Gasteiger partial charge on any atom is 0.244 e. The summed E-state index contributed by atoms with van der Waals surface area (Å²) in [4.78, 5) is 29.2. The molecule has 0 aliphatic rings. The number of sulfonamides is 1. The molecular formula is C31H39N3O5S. The molecule has 0 aliphatic carbocycles. The van der Waals surface area contributed by atoms with Crippen LogP contribution in [0.2, 0.25) is 0 Å². The lowest BCUT2D eigenvalue weighted by Gasteiger charge is -2.34. The number of benzene rings is 3. The van der Waals surface area contributed by atoms with E-state index >= 15 is 0 Å². The van der Waals surface area contributed by atoms with Crippen LogP contribution in [0.4, 0.5) is 5.69 Å². The van der Waals surface area contributed by atoms with Crippen LogP contribution in [-0.2, 0) is 32.6 Å². The van der Waals surface area contributed by atoms with E-state index in [1.54, 1.807) is 24.3 Å². The minimum Gasteiger partial charge on any atom is -0.494 e. The predicted octanol–water partition coefficient (Wildman–Crippen LogP) is 4.32. The summed E-state index contributed by atoms with van der Waals surface area (Å²) >= 11 is 0. The van der Waals surface area contributed by atoms with Gasteiger partial charge in [0.05, 0.1) is 18.6 Å². The summed E-state index contributed by atoms with van der Waals surface area (Å²) in [6, 6.07) is 22.7. The summed E-state index contributed by atoms with van der Waals surface area (Å²) in [5.74, 6) is -0.185. The average molecular weight is 566 g/mol. The van der Waals surface area contributed by atoms with Crippen molar-refractivity contribution < 1.29 is 22.7 Å². The fourth-order valence-electron chi connectivity index (χ4n) is 4.39. The molecule has 3 rings (SSSR count). The first-order chi connectivity index (χ1) is 19.0. The standard InChI is InChI=1S/C31H39N3O5S/c1-6-39-28-18-16-27(17-19-28)34(40(5,37)38)22-30(35)33(21-26-15-11-10-12-24(26)4)29(31(36)32-23(2)3)20-25-13-8-7-9-14-25/h7-19,23,29H,6,20-22H2,1-5H3,(H,32,36). The van der Waals surface area contributed by atoms with E-state index in [1.165, 1.54) is 4.90 Å². The Balaban J connectivity index is 2.04. The van der Waals surface area contributed by atoms with E-state index in [0.717, 1.165) is 27.3 Å². The SMILES string of the molecule is CCOc1ccc(N(CC(=O)N(Cc2ccccc2C)C(Cc2ccccc2)C(=O)NC(C)C)S(C)(=O)=O)cc1. The van der Waals surface area contributed by atoms with Crippen molar-refractivity contribution >= 4 is 27.5 Å².